The lowest BCUT2D eigenvalue weighted by molar-refractivity contribution is 0.131. The Morgan fingerprint density at radius 3 is 3.08 bits per heavy atom. The molecule has 0 aromatic rings. The van der Waals surface area contributed by atoms with Gasteiger partial charge in [-0.05, 0) is 31.7 Å². The van der Waals surface area contributed by atoms with E-state index in [0.717, 1.165) is 38.9 Å². The summed E-state index contributed by atoms with van der Waals surface area (Å²) in [4.78, 5) is 12.9. The van der Waals surface area contributed by atoms with E-state index in [9.17, 15) is 4.79 Å². The van der Waals surface area contributed by atoms with Crippen LogP contribution in [0.2, 0.25) is 0 Å². The van der Waals surface area contributed by atoms with Crippen LogP contribution in [0, 0.1) is 5.92 Å². The second-order valence-corrected chi connectivity index (χ2v) is 3.50. The van der Waals surface area contributed by atoms with Crippen LogP contribution in [0.15, 0.2) is 0 Å². The van der Waals surface area contributed by atoms with Gasteiger partial charge in [-0.1, -0.05) is 0 Å². The maximum atomic E-state index is 11.1. The molecule has 1 heterocycles. The Labute approximate surface area is 79.0 Å². The number of hydrogen-bond donors (Lipinski definition) is 1. The molecule has 4 heteroatoms. The first-order chi connectivity index (χ1) is 6.27. The van der Waals surface area contributed by atoms with Gasteiger partial charge in [0.05, 0.1) is 7.11 Å². The number of carbonyl (C=O) groups excluding carboxylic acids is 1. The third kappa shape index (κ3) is 2.88. The third-order valence-electron chi connectivity index (χ3n) is 2.54. The number of nitrogens with two attached hydrogens (primary N) is 1. The summed E-state index contributed by atoms with van der Waals surface area (Å²) in [5.74, 6) is 0.627. The number of methoxy groups -OCH3 is 1. The zero-order valence-electron chi connectivity index (χ0n) is 8.16. The first kappa shape index (κ1) is 10.3. The maximum Gasteiger partial charge on any atom is 0.409 e. The van der Waals surface area contributed by atoms with E-state index in [4.69, 9.17) is 5.73 Å². The van der Waals surface area contributed by atoms with Crippen molar-refractivity contribution in [3.63, 3.8) is 0 Å². The van der Waals surface area contributed by atoms with Crippen molar-refractivity contribution in [3.8, 4) is 0 Å². The van der Waals surface area contributed by atoms with E-state index in [1.807, 2.05) is 0 Å². The van der Waals surface area contributed by atoms with Crippen LogP contribution in [0.3, 0.4) is 0 Å². The molecule has 1 atom stereocenters. The van der Waals surface area contributed by atoms with Crippen LogP contribution in [0.1, 0.15) is 19.3 Å². The second-order valence-electron chi connectivity index (χ2n) is 3.50. The predicted octanol–water partition coefficient (Wildman–Crippen LogP) is 0.814. The molecule has 4 nitrogen and oxygen atoms in total. The molecule has 1 unspecified atom stereocenters. The lowest BCUT2D eigenvalue weighted by Crippen LogP contribution is -2.28. The van der Waals surface area contributed by atoms with Gasteiger partial charge in [-0.2, -0.15) is 0 Å². The van der Waals surface area contributed by atoms with Crippen molar-refractivity contribution in [2.45, 2.75) is 19.3 Å². The van der Waals surface area contributed by atoms with Crippen molar-refractivity contribution >= 4 is 6.09 Å². The predicted molar refractivity (Wildman–Crippen MR) is 50.4 cm³/mol. The van der Waals surface area contributed by atoms with Crippen LogP contribution in [-0.4, -0.2) is 37.7 Å². The molecular formula is C9H18N2O2. The normalized spacial score (nSPS) is 22.0. The number of ether oxygens (including phenoxy) is 1. The molecule has 0 aliphatic carbocycles. The van der Waals surface area contributed by atoms with E-state index in [-0.39, 0.29) is 6.09 Å². The fourth-order valence-electron chi connectivity index (χ4n) is 1.77. The minimum Gasteiger partial charge on any atom is -0.453 e. The van der Waals surface area contributed by atoms with Crippen LogP contribution >= 0.6 is 0 Å². The Hall–Kier alpha value is -0.770. The summed E-state index contributed by atoms with van der Waals surface area (Å²) in [6, 6.07) is 0. The van der Waals surface area contributed by atoms with Gasteiger partial charge in [-0.15, -0.1) is 0 Å². The molecule has 1 saturated heterocycles. The molecule has 2 N–H and O–H groups in total. The Morgan fingerprint density at radius 2 is 2.46 bits per heavy atom. The zero-order valence-corrected chi connectivity index (χ0v) is 8.16. The Balaban J connectivity index is 2.23. The lowest BCUT2D eigenvalue weighted by atomic mass is 10.0. The van der Waals surface area contributed by atoms with E-state index >= 15 is 0 Å². The molecule has 1 rings (SSSR count). The summed E-state index contributed by atoms with van der Waals surface area (Å²) in [5, 5.41) is 0. The smallest absolute Gasteiger partial charge is 0.409 e. The molecular weight excluding hydrogens is 168 g/mol. The molecule has 0 bridgehead atoms. The number of amides is 1. The monoisotopic (exact) mass is 186 g/mol. The maximum absolute atomic E-state index is 11.1. The molecule has 1 fully saturated rings. The molecule has 1 amide bonds. The van der Waals surface area contributed by atoms with E-state index in [1.54, 1.807) is 4.90 Å². The molecule has 0 radical (unpaired) electrons. The fourth-order valence-corrected chi connectivity index (χ4v) is 1.77. The number of carbonyl (C=O) groups is 1. The Morgan fingerprint density at radius 1 is 1.69 bits per heavy atom. The van der Waals surface area contributed by atoms with Crippen LogP contribution in [0.4, 0.5) is 4.79 Å². The summed E-state index contributed by atoms with van der Waals surface area (Å²) in [6.07, 6.45) is 3.08. The van der Waals surface area contributed by atoms with Gasteiger partial charge in [-0.3, -0.25) is 0 Å². The summed E-state index contributed by atoms with van der Waals surface area (Å²) in [7, 11) is 1.43. The zero-order chi connectivity index (χ0) is 9.68. The molecule has 0 aromatic heterocycles. The quantitative estimate of drug-likeness (QED) is 0.709. The molecule has 0 aromatic carbocycles. The molecule has 0 saturated carbocycles. The highest BCUT2D eigenvalue weighted by atomic mass is 16.5. The number of rotatable bonds is 3. The van der Waals surface area contributed by atoms with Crippen LogP contribution < -0.4 is 5.73 Å². The van der Waals surface area contributed by atoms with E-state index < -0.39 is 0 Å². The average Bonchev–Trinajstić information content (AvgIpc) is 2.62. The third-order valence-corrected chi connectivity index (χ3v) is 2.54. The average molecular weight is 186 g/mol. The number of hydrogen-bond acceptors (Lipinski definition) is 3. The SMILES string of the molecule is COC(=O)N1CCC(CCCN)C1. The fraction of sp³-hybridized carbons (Fsp3) is 0.889. The highest BCUT2D eigenvalue weighted by molar-refractivity contribution is 5.67. The van der Waals surface area contributed by atoms with Gasteiger partial charge in [-0.25, -0.2) is 4.79 Å². The number of likely N-dealkylation sites (tertiary alicyclic amines) is 1. The van der Waals surface area contributed by atoms with Gasteiger partial charge >= 0.3 is 6.09 Å². The van der Waals surface area contributed by atoms with Crippen LogP contribution in [0.5, 0.6) is 0 Å². The first-order valence-corrected chi connectivity index (χ1v) is 4.81. The van der Waals surface area contributed by atoms with Crippen molar-refractivity contribution in [1.29, 1.82) is 0 Å². The highest BCUT2D eigenvalue weighted by Crippen LogP contribution is 2.20. The van der Waals surface area contributed by atoms with Gasteiger partial charge in [0.2, 0.25) is 0 Å². The van der Waals surface area contributed by atoms with E-state index in [2.05, 4.69) is 4.74 Å². The standard InChI is InChI=1S/C9H18N2O2/c1-13-9(12)11-6-4-8(7-11)3-2-5-10/h8H,2-7,10H2,1H3. The summed E-state index contributed by atoms with van der Waals surface area (Å²) < 4.78 is 4.65. The second kappa shape index (κ2) is 5.07. The van der Waals surface area contributed by atoms with Gasteiger partial charge in [0.25, 0.3) is 0 Å². The summed E-state index contributed by atoms with van der Waals surface area (Å²) in [5.41, 5.74) is 5.42. The van der Waals surface area contributed by atoms with Crippen molar-refractivity contribution in [2.24, 2.45) is 11.7 Å². The van der Waals surface area contributed by atoms with E-state index in [0.29, 0.717) is 5.92 Å². The molecule has 76 valence electrons. The molecule has 1 aliphatic heterocycles. The van der Waals surface area contributed by atoms with Crippen LogP contribution in [0.25, 0.3) is 0 Å². The van der Waals surface area contributed by atoms with Crippen molar-refractivity contribution in [3.05, 3.63) is 0 Å². The van der Waals surface area contributed by atoms with E-state index in [1.165, 1.54) is 7.11 Å². The largest absolute Gasteiger partial charge is 0.453 e. The first-order valence-electron chi connectivity index (χ1n) is 4.81. The number of nitrogens with zero attached hydrogens (tertiary/aromatic N) is 1. The minimum atomic E-state index is -0.199. The minimum absolute atomic E-state index is 0.199. The van der Waals surface area contributed by atoms with Gasteiger partial charge in [0.15, 0.2) is 0 Å². The van der Waals surface area contributed by atoms with Gasteiger partial charge in [0, 0.05) is 13.1 Å². The van der Waals surface area contributed by atoms with Gasteiger partial charge < -0.3 is 15.4 Å². The van der Waals surface area contributed by atoms with Crippen LogP contribution in [-0.2, 0) is 4.74 Å². The Kier molecular flexibility index (Phi) is 4.02. The molecule has 13 heavy (non-hydrogen) atoms. The lowest BCUT2D eigenvalue weighted by Gasteiger charge is -2.14. The van der Waals surface area contributed by atoms with Crippen molar-refractivity contribution in [2.75, 3.05) is 26.7 Å². The Bertz CT molecular complexity index is 173. The summed E-state index contributed by atoms with van der Waals surface area (Å²) in [6.45, 7) is 2.42. The summed E-state index contributed by atoms with van der Waals surface area (Å²) >= 11 is 0. The molecule has 0 spiro atoms. The molecule has 1 aliphatic rings. The van der Waals surface area contributed by atoms with Crippen molar-refractivity contribution in [1.82, 2.24) is 4.90 Å². The van der Waals surface area contributed by atoms with Gasteiger partial charge in [0.1, 0.15) is 0 Å². The van der Waals surface area contributed by atoms with Crippen molar-refractivity contribution < 1.29 is 9.53 Å². The highest BCUT2D eigenvalue weighted by Gasteiger charge is 2.25. The topological polar surface area (TPSA) is 55.6 Å².